The molecule has 0 aliphatic carbocycles. The van der Waals surface area contributed by atoms with Gasteiger partial charge in [-0.05, 0) is 35.9 Å². The number of carbonyl (C=O) groups excluding carboxylic acids is 1. The Labute approximate surface area is 170 Å². The van der Waals surface area contributed by atoms with Crippen molar-refractivity contribution in [1.82, 2.24) is 14.8 Å². The van der Waals surface area contributed by atoms with Gasteiger partial charge in [0.1, 0.15) is 17.5 Å². The maximum Gasteiger partial charge on any atom is 0.318 e. The predicted octanol–water partition coefficient (Wildman–Crippen LogP) is 3.82. The summed E-state index contributed by atoms with van der Waals surface area (Å²) in [5.74, 6) is 1.46. The van der Waals surface area contributed by atoms with E-state index in [4.69, 9.17) is 9.47 Å². The third kappa shape index (κ3) is 3.78. The summed E-state index contributed by atoms with van der Waals surface area (Å²) in [7, 11) is 3.28. The first-order chi connectivity index (χ1) is 14.2. The van der Waals surface area contributed by atoms with Crippen LogP contribution in [0, 0.1) is 0 Å². The molecular formula is C23H25N3O3. The minimum absolute atomic E-state index is 0.101. The maximum atomic E-state index is 13.2. The second-order valence-corrected chi connectivity index (χ2v) is 6.97. The van der Waals surface area contributed by atoms with Crippen LogP contribution in [0.1, 0.15) is 22.9 Å². The molecule has 6 heteroatoms. The van der Waals surface area contributed by atoms with E-state index >= 15 is 0 Å². The molecule has 0 spiro atoms. The second-order valence-electron chi connectivity index (χ2n) is 6.97. The Bertz CT molecular complexity index is 984. The molecule has 2 heterocycles. The summed E-state index contributed by atoms with van der Waals surface area (Å²) in [5, 5.41) is 3.06. The normalized spacial score (nSPS) is 15.5. The number of ether oxygens (including phenoxy) is 2. The number of aromatic nitrogens is 1. The van der Waals surface area contributed by atoms with Crippen LogP contribution in [0.5, 0.6) is 11.5 Å². The third-order valence-electron chi connectivity index (χ3n) is 5.32. The van der Waals surface area contributed by atoms with Gasteiger partial charge in [0.25, 0.3) is 0 Å². The van der Waals surface area contributed by atoms with Gasteiger partial charge in [-0.1, -0.05) is 30.3 Å². The van der Waals surface area contributed by atoms with Gasteiger partial charge in [0.15, 0.2) is 0 Å². The van der Waals surface area contributed by atoms with Crippen molar-refractivity contribution in [2.24, 2.45) is 0 Å². The zero-order valence-electron chi connectivity index (χ0n) is 16.7. The molecule has 2 aromatic carbocycles. The molecule has 0 unspecified atom stereocenters. The number of benzene rings is 2. The van der Waals surface area contributed by atoms with Gasteiger partial charge < -0.3 is 24.3 Å². The van der Waals surface area contributed by atoms with Crippen molar-refractivity contribution in [3.8, 4) is 11.5 Å². The van der Waals surface area contributed by atoms with E-state index in [0.717, 1.165) is 34.9 Å². The number of methoxy groups -OCH3 is 2. The Morgan fingerprint density at radius 2 is 1.86 bits per heavy atom. The van der Waals surface area contributed by atoms with E-state index in [9.17, 15) is 4.79 Å². The minimum Gasteiger partial charge on any atom is -0.497 e. The zero-order chi connectivity index (χ0) is 20.2. The van der Waals surface area contributed by atoms with Crippen LogP contribution in [0.25, 0.3) is 0 Å². The Morgan fingerprint density at radius 3 is 2.62 bits per heavy atom. The molecule has 2 amide bonds. The summed E-state index contributed by atoms with van der Waals surface area (Å²) in [6, 6.07) is 19.3. The quantitative estimate of drug-likeness (QED) is 0.719. The van der Waals surface area contributed by atoms with E-state index in [1.807, 2.05) is 65.7 Å². The van der Waals surface area contributed by atoms with E-state index in [1.165, 1.54) is 0 Å². The molecule has 3 aromatic rings. The van der Waals surface area contributed by atoms with Gasteiger partial charge in [0.05, 0.1) is 14.2 Å². The van der Waals surface area contributed by atoms with Crippen LogP contribution in [0.4, 0.5) is 4.79 Å². The molecule has 6 nitrogen and oxygen atoms in total. The summed E-state index contributed by atoms with van der Waals surface area (Å²) in [6.07, 6.45) is 2.05. The Hall–Kier alpha value is -3.41. The molecule has 1 N–H and O–H groups in total. The molecule has 29 heavy (non-hydrogen) atoms. The van der Waals surface area contributed by atoms with Crippen LogP contribution in [-0.4, -0.2) is 36.3 Å². The third-order valence-corrected chi connectivity index (χ3v) is 5.32. The highest BCUT2D eigenvalue weighted by molar-refractivity contribution is 5.76. The molecule has 0 radical (unpaired) electrons. The van der Waals surface area contributed by atoms with Gasteiger partial charge in [-0.15, -0.1) is 0 Å². The highest BCUT2D eigenvalue weighted by atomic mass is 16.5. The monoisotopic (exact) mass is 391 g/mol. The van der Waals surface area contributed by atoms with Gasteiger partial charge in [-0.25, -0.2) is 4.79 Å². The number of rotatable bonds is 5. The van der Waals surface area contributed by atoms with Gasteiger partial charge in [0.2, 0.25) is 0 Å². The van der Waals surface area contributed by atoms with Gasteiger partial charge >= 0.3 is 6.03 Å². The molecule has 1 atom stereocenters. The van der Waals surface area contributed by atoms with E-state index in [2.05, 4.69) is 16.0 Å². The number of urea groups is 1. The topological polar surface area (TPSA) is 55.7 Å². The summed E-state index contributed by atoms with van der Waals surface area (Å²) in [4.78, 5) is 15.0. The molecule has 1 aliphatic heterocycles. The van der Waals surface area contributed by atoms with Crippen molar-refractivity contribution in [3.63, 3.8) is 0 Å². The Morgan fingerprint density at radius 1 is 1.03 bits per heavy atom. The van der Waals surface area contributed by atoms with Crippen LogP contribution < -0.4 is 14.8 Å². The SMILES string of the molecule is COc1ccc(OC)c([C@@H]2c3cccn3CCN2C(=O)NCc2ccccc2)c1. The van der Waals surface area contributed by atoms with Crippen LogP contribution in [-0.2, 0) is 13.1 Å². The number of fused-ring (bicyclic) bond motifs is 1. The summed E-state index contributed by atoms with van der Waals surface area (Å²) < 4.78 is 13.2. The lowest BCUT2D eigenvalue weighted by Gasteiger charge is -2.37. The molecule has 4 rings (SSSR count). The van der Waals surface area contributed by atoms with Crippen molar-refractivity contribution in [3.05, 3.63) is 83.7 Å². The summed E-state index contributed by atoms with van der Waals surface area (Å²) in [6.45, 7) is 1.84. The van der Waals surface area contributed by atoms with Gasteiger partial charge in [0, 0.05) is 37.1 Å². The number of amides is 2. The van der Waals surface area contributed by atoms with Crippen molar-refractivity contribution in [2.75, 3.05) is 20.8 Å². The van der Waals surface area contributed by atoms with E-state index < -0.39 is 0 Å². The second kappa shape index (κ2) is 8.31. The number of hydrogen-bond donors (Lipinski definition) is 1. The smallest absolute Gasteiger partial charge is 0.318 e. The van der Waals surface area contributed by atoms with Crippen molar-refractivity contribution in [2.45, 2.75) is 19.1 Å². The average Bonchev–Trinajstić information content (AvgIpc) is 3.26. The number of nitrogens with one attached hydrogen (secondary N) is 1. The largest absolute Gasteiger partial charge is 0.497 e. The van der Waals surface area contributed by atoms with Crippen molar-refractivity contribution >= 4 is 6.03 Å². The Kier molecular flexibility index (Phi) is 5.42. The van der Waals surface area contributed by atoms with Crippen LogP contribution in [0.3, 0.4) is 0 Å². The lowest BCUT2D eigenvalue weighted by atomic mass is 9.98. The van der Waals surface area contributed by atoms with Crippen molar-refractivity contribution < 1.29 is 14.3 Å². The van der Waals surface area contributed by atoms with Crippen LogP contribution in [0.2, 0.25) is 0 Å². The zero-order valence-corrected chi connectivity index (χ0v) is 16.7. The number of carbonyl (C=O) groups is 1. The van der Waals surface area contributed by atoms with E-state index in [-0.39, 0.29) is 12.1 Å². The van der Waals surface area contributed by atoms with Gasteiger partial charge in [-0.2, -0.15) is 0 Å². The molecule has 0 saturated carbocycles. The maximum absolute atomic E-state index is 13.2. The Balaban J connectivity index is 1.67. The minimum atomic E-state index is -0.264. The molecular weight excluding hydrogens is 366 g/mol. The average molecular weight is 391 g/mol. The fraction of sp³-hybridized carbons (Fsp3) is 0.261. The molecule has 1 aromatic heterocycles. The van der Waals surface area contributed by atoms with Crippen molar-refractivity contribution in [1.29, 1.82) is 0 Å². The lowest BCUT2D eigenvalue weighted by Crippen LogP contribution is -2.47. The molecule has 1 aliphatic rings. The molecule has 150 valence electrons. The summed E-state index contributed by atoms with van der Waals surface area (Å²) >= 11 is 0. The number of nitrogens with zero attached hydrogens (tertiary/aromatic N) is 2. The fourth-order valence-corrected chi connectivity index (χ4v) is 3.86. The highest BCUT2D eigenvalue weighted by Gasteiger charge is 2.34. The first kappa shape index (κ1) is 18.9. The van der Waals surface area contributed by atoms with E-state index in [1.54, 1.807) is 14.2 Å². The van der Waals surface area contributed by atoms with Crippen LogP contribution in [0.15, 0.2) is 66.9 Å². The summed E-state index contributed by atoms with van der Waals surface area (Å²) in [5.41, 5.74) is 3.02. The van der Waals surface area contributed by atoms with Gasteiger partial charge in [-0.3, -0.25) is 0 Å². The lowest BCUT2D eigenvalue weighted by molar-refractivity contribution is 0.167. The molecule has 0 bridgehead atoms. The van der Waals surface area contributed by atoms with E-state index in [0.29, 0.717) is 13.1 Å². The predicted molar refractivity (Wildman–Crippen MR) is 111 cm³/mol. The molecule has 0 fully saturated rings. The first-order valence-electron chi connectivity index (χ1n) is 9.66. The molecule has 0 saturated heterocycles. The van der Waals surface area contributed by atoms with Crippen LogP contribution >= 0.6 is 0 Å². The number of hydrogen-bond acceptors (Lipinski definition) is 3. The first-order valence-corrected chi connectivity index (χ1v) is 9.66. The highest BCUT2D eigenvalue weighted by Crippen LogP contribution is 2.39. The standard InChI is InChI=1S/C23H25N3O3/c1-28-18-10-11-21(29-2)19(15-18)22-20-9-6-12-25(20)13-14-26(22)23(27)24-16-17-7-4-3-5-8-17/h3-12,15,22H,13-14,16H2,1-2H3,(H,24,27)/t22-/m1/s1. The fourth-order valence-electron chi connectivity index (χ4n) is 3.86.